The van der Waals surface area contributed by atoms with E-state index in [1.165, 1.54) is 0 Å². The number of hydrogen-bond acceptors (Lipinski definition) is 7. The fraction of sp³-hybridized carbons (Fsp3) is 0.826. The van der Waals surface area contributed by atoms with Gasteiger partial charge in [-0.15, -0.1) is 0 Å². The first kappa shape index (κ1) is 47.4. The Morgan fingerprint density at radius 2 is 0.857 bits per heavy atom. The van der Waals surface area contributed by atoms with E-state index in [9.17, 15) is 75.4 Å². The summed E-state index contributed by atoms with van der Waals surface area (Å²) in [4.78, 5) is 24.0. The highest BCUT2D eigenvalue weighted by Gasteiger charge is 2.91. The molecule has 0 unspecified atom stereocenters. The molecular formula is C23H35F15O7Si4. The second-order valence-electron chi connectivity index (χ2n) is 13.3. The smallest absolute Gasteiger partial charge is 0.458 e. The number of ether oxygens (including phenoxy) is 2. The number of rotatable bonds is 18. The standard InChI is InChI=1S/C23H35F15O7Si4/c1-46(2,3)43-49(44-47(4,5)6,45-48(7,8)9)14-41-15(39)10-11-16(40)42-23(37,38)22(35,36)21(33,34)20(31,32)19(29,30)17(24,25)12-13-18(26,27)28/h10-11H,12-14H2,1-9H3/b11-10+. The second kappa shape index (κ2) is 14.8. The largest absolute Gasteiger partial charge is 0.509 e. The van der Waals surface area contributed by atoms with Gasteiger partial charge < -0.3 is 21.8 Å². The van der Waals surface area contributed by atoms with Gasteiger partial charge in [0.25, 0.3) is 0 Å². The van der Waals surface area contributed by atoms with Crippen LogP contribution in [-0.2, 0) is 31.4 Å². The Balaban J connectivity index is 6.18. The summed E-state index contributed by atoms with van der Waals surface area (Å²) in [5, 5.41) is 0. The Labute approximate surface area is 275 Å². The van der Waals surface area contributed by atoms with Crippen LogP contribution in [0.15, 0.2) is 12.2 Å². The van der Waals surface area contributed by atoms with Gasteiger partial charge in [-0.25, -0.2) is 9.59 Å². The third-order valence-corrected chi connectivity index (χ3v) is 16.7. The summed E-state index contributed by atoms with van der Waals surface area (Å²) in [5.74, 6) is -43.4. The molecule has 7 nitrogen and oxygen atoms in total. The minimum Gasteiger partial charge on any atom is -0.458 e. The normalized spacial score (nSPS) is 15.5. The van der Waals surface area contributed by atoms with Crippen LogP contribution in [0.4, 0.5) is 65.9 Å². The molecule has 49 heavy (non-hydrogen) atoms. The van der Waals surface area contributed by atoms with Crippen molar-refractivity contribution in [2.45, 2.75) is 114 Å². The van der Waals surface area contributed by atoms with Crippen molar-refractivity contribution >= 4 is 45.7 Å². The van der Waals surface area contributed by atoms with Crippen molar-refractivity contribution in [3.05, 3.63) is 12.2 Å². The molecule has 0 aromatic heterocycles. The zero-order chi connectivity index (χ0) is 39.7. The SMILES string of the molecule is C[Si](C)(C)O[Si](COC(=O)/C=C/C(=O)OC(F)(F)C(F)(F)C(F)(F)C(F)(F)C(F)(F)C(F)(F)CCC(F)(F)F)(O[Si](C)(C)C)O[Si](C)(C)C. The van der Waals surface area contributed by atoms with Crippen LogP contribution in [0, 0.1) is 0 Å². The van der Waals surface area contributed by atoms with Crippen LogP contribution >= 0.6 is 0 Å². The average Bonchev–Trinajstić information content (AvgIpc) is 2.80. The summed E-state index contributed by atoms with van der Waals surface area (Å²) >= 11 is 0. The molecule has 0 N–H and O–H groups in total. The molecule has 0 saturated carbocycles. The summed E-state index contributed by atoms with van der Waals surface area (Å²) in [7, 11) is -11.5. The summed E-state index contributed by atoms with van der Waals surface area (Å²) < 4.78 is 229. The molecule has 0 saturated heterocycles. The molecule has 0 bridgehead atoms. The Morgan fingerprint density at radius 3 is 1.20 bits per heavy atom. The molecule has 0 amide bonds. The molecule has 290 valence electrons. The van der Waals surface area contributed by atoms with Crippen molar-refractivity contribution in [1.82, 2.24) is 0 Å². The van der Waals surface area contributed by atoms with E-state index in [1.807, 2.05) is 0 Å². The van der Waals surface area contributed by atoms with E-state index in [1.54, 1.807) is 58.9 Å². The lowest BCUT2D eigenvalue weighted by atomic mass is 9.91. The molecule has 26 heteroatoms. The second-order valence-corrected chi connectivity index (χ2v) is 30.1. The molecule has 0 aliphatic heterocycles. The van der Waals surface area contributed by atoms with Gasteiger partial charge in [-0.3, -0.25) is 0 Å². The van der Waals surface area contributed by atoms with Crippen LogP contribution in [0.3, 0.4) is 0 Å². The Hall–Kier alpha value is -1.62. The molecule has 0 spiro atoms. The first-order chi connectivity index (χ1) is 21.1. The van der Waals surface area contributed by atoms with E-state index in [4.69, 9.17) is 17.1 Å². The number of alkyl halides is 15. The van der Waals surface area contributed by atoms with E-state index in [-0.39, 0.29) is 6.08 Å². The molecule has 0 fully saturated rings. The van der Waals surface area contributed by atoms with Crippen LogP contribution in [-0.4, -0.2) is 93.8 Å². The van der Waals surface area contributed by atoms with Gasteiger partial charge in [-0.1, -0.05) is 0 Å². The summed E-state index contributed by atoms with van der Waals surface area (Å²) in [6, 6.07) is 0. The van der Waals surface area contributed by atoms with Gasteiger partial charge in [-0.05, 0) is 58.9 Å². The average molecular weight is 821 g/mol. The van der Waals surface area contributed by atoms with E-state index in [0.29, 0.717) is 0 Å². The monoisotopic (exact) mass is 820 g/mol. The minimum atomic E-state index is -8.21. The quantitative estimate of drug-likeness (QED) is 0.0593. The molecule has 0 aromatic carbocycles. The first-order valence-corrected chi connectivity index (χ1v) is 25.7. The fourth-order valence-corrected chi connectivity index (χ4v) is 17.2. The lowest BCUT2D eigenvalue weighted by molar-refractivity contribution is -0.451. The Morgan fingerprint density at radius 1 is 0.510 bits per heavy atom. The Bertz CT molecular complexity index is 1150. The van der Waals surface area contributed by atoms with Crippen molar-refractivity contribution in [2.75, 3.05) is 6.23 Å². The van der Waals surface area contributed by atoms with Crippen LogP contribution in [0.1, 0.15) is 12.8 Å². The Kier molecular flexibility index (Phi) is 14.3. The summed E-state index contributed by atoms with van der Waals surface area (Å²) in [6.07, 6.45) is -20.6. The molecule has 0 atom stereocenters. The zero-order valence-corrected chi connectivity index (χ0v) is 31.3. The van der Waals surface area contributed by atoms with Crippen LogP contribution in [0.2, 0.25) is 58.9 Å². The van der Waals surface area contributed by atoms with Crippen molar-refractivity contribution < 1.29 is 97.3 Å². The molecule has 0 aliphatic rings. The van der Waals surface area contributed by atoms with Gasteiger partial charge in [0, 0.05) is 25.0 Å². The number of hydrogen-bond donors (Lipinski definition) is 0. The van der Waals surface area contributed by atoms with Crippen LogP contribution < -0.4 is 0 Å². The maximum atomic E-state index is 14.0. The van der Waals surface area contributed by atoms with E-state index < -0.39 is 113 Å². The number of halogens is 15. The van der Waals surface area contributed by atoms with E-state index in [0.717, 1.165) is 0 Å². The fourth-order valence-electron chi connectivity index (χ4n) is 3.38. The number of carbonyl (C=O) groups excluding carboxylic acids is 2. The number of esters is 2. The van der Waals surface area contributed by atoms with E-state index >= 15 is 0 Å². The maximum Gasteiger partial charge on any atom is 0.509 e. The molecule has 0 aromatic rings. The third kappa shape index (κ3) is 12.8. The van der Waals surface area contributed by atoms with Gasteiger partial charge in [0.05, 0.1) is 0 Å². The lowest BCUT2D eigenvalue weighted by Crippen LogP contribution is -2.71. The van der Waals surface area contributed by atoms with Crippen LogP contribution in [0.5, 0.6) is 0 Å². The van der Waals surface area contributed by atoms with Gasteiger partial charge in [-0.2, -0.15) is 65.9 Å². The van der Waals surface area contributed by atoms with Gasteiger partial charge in [0.2, 0.25) is 0 Å². The highest BCUT2D eigenvalue weighted by Crippen LogP contribution is 2.61. The zero-order valence-electron chi connectivity index (χ0n) is 27.3. The highest BCUT2D eigenvalue weighted by molar-refractivity contribution is 6.90. The minimum absolute atomic E-state index is 0.0879. The van der Waals surface area contributed by atoms with Gasteiger partial charge in [0.1, 0.15) is 0 Å². The molecule has 0 rings (SSSR count). The summed E-state index contributed by atoms with van der Waals surface area (Å²) in [6.45, 7) is 15.5. The first-order valence-electron chi connectivity index (χ1n) is 13.6. The maximum absolute atomic E-state index is 14.0. The topological polar surface area (TPSA) is 80.3 Å². The molecule has 0 radical (unpaired) electrons. The predicted octanol–water partition coefficient (Wildman–Crippen LogP) is 8.77. The van der Waals surface area contributed by atoms with Crippen molar-refractivity contribution in [2.24, 2.45) is 0 Å². The van der Waals surface area contributed by atoms with Gasteiger partial charge >= 0.3 is 62.6 Å². The predicted molar refractivity (Wildman–Crippen MR) is 150 cm³/mol. The van der Waals surface area contributed by atoms with Crippen molar-refractivity contribution in [3.8, 4) is 0 Å². The third-order valence-electron chi connectivity index (χ3n) is 5.09. The molecular weight excluding hydrogens is 786 g/mol. The van der Waals surface area contributed by atoms with E-state index in [2.05, 4.69) is 4.74 Å². The number of carbonyl (C=O) groups is 2. The molecule has 0 heterocycles. The van der Waals surface area contributed by atoms with Crippen molar-refractivity contribution in [3.63, 3.8) is 0 Å². The highest BCUT2D eigenvalue weighted by atomic mass is 28.5. The summed E-state index contributed by atoms with van der Waals surface area (Å²) in [5.41, 5.74) is 0. The van der Waals surface area contributed by atoms with Crippen LogP contribution in [0.25, 0.3) is 0 Å². The van der Waals surface area contributed by atoms with Crippen molar-refractivity contribution in [1.29, 1.82) is 0 Å². The molecule has 0 aliphatic carbocycles. The van der Waals surface area contributed by atoms with Gasteiger partial charge in [0.15, 0.2) is 31.2 Å². The lowest BCUT2D eigenvalue weighted by Gasteiger charge is -2.42.